The summed E-state index contributed by atoms with van der Waals surface area (Å²) in [5.41, 5.74) is 1.26. The number of carbonyl (C=O) groups is 2. The molecule has 0 atom stereocenters. The van der Waals surface area contributed by atoms with Gasteiger partial charge in [-0.3, -0.25) is 9.59 Å². The number of benzene rings is 1. The van der Waals surface area contributed by atoms with Crippen LogP contribution in [0.15, 0.2) is 29.6 Å². The summed E-state index contributed by atoms with van der Waals surface area (Å²) in [4.78, 5) is 26.7. The molecule has 7 heteroatoms. The van der Waals surface area contributed by atoms with Gasteiger partial charge in [0.25, 0.3) is 5.91 Å². The molecule has 1 aromatic carbocycles. The Hall–Kier alpha value is -2.41. The highest BCUT2D eigenvalue weighted by molar-refractivity contribution is 7.13. The zero-order valence-corrected chi connectivity index (χ0v) is 14.4. The summed E-state index contributed by atoms with van der Waals surface area (Å²) in [5, 5.41) is 13.7. The molecule has 0 aliphatic carbocycles. The minimum atomic E-state index is -0.870. The van der Waals surface area contributed by atoms with Gasteiger partial charge in [-0.2, -0.15) is 0 Å². The third-order valence-corrected chi connectivity index (χ3v) is 3.95. The quantitative estimate of drug-likeness (QED) is 0.715. The van der Waals surface area contributed by atoms with Crippen molar-refractivity contribution in [3.63, 3.8) is 0 Å². The molecule has 1 heterocycles. The lowest BCUT2D eigenvalue weighted by atomic mass is 10.2. The van der Waals surface area contributed by atoms with E-state index in [1.165, 1.54) is 11.3 Å². The van der Waals surface area contributed by atoms with Crippen molar-refractivity contribution in [3.05, 3.63) is 35.3 Å². The maximum absolute atomic E-state index is 12.0. The number of carboxylic acid groups (broad SMARTS) is 1. The molecule has 0 aliphatic heterocycles. The molecule has 24 heavy (non-hydrogen) atoms. The zero-order chi connectivity index (χ0) is 17.5. The molecule has 0 fully saturated rings. The maximum Gasteiger partial charge on any atom is 0.303 e. The topological polar surface area (TPSA) is 88.5 Å². The van der Waals surface area contributed by atoms with E-state index < -0.39 is 5.97 Å². The van der Waals surface area contributed by atoms with Gasteiger partial charge in [0.15, 0.2) is 0 Å². The minimum Gasteiger partial charge on any atom is -0.491 e. The molecule has 2 aromatic rings. The van der Waals surface area contributed by atoms with Crippen LogP contribution < -0.4 is 10.1 Å². The average Bonchev–Trinajstić information content (AvgIpc) is 3.01. The third kappa shape index (κ3) is 5.34. The van der Waals surface area contributed by atoms with Crippen LogP contribution in [0.3, 0.4) is 0 Å². The fraction of sp³-hybridized carbons (Fsp3) is 0.353. The third-order valence-electron chi connectivity index (χ3n) is 3.06. The van der Waals surface area contributed by atoms with E-state index in [0.29, 0.717) is 18.7 Å². The van der Waals surface area contributed by atoms with Gasteiger partial charge in [0.1, 0.15) is 16.5 Å². The molecule has 6 nitrogen and oxygen atoms in total. The van der Waals surface area contributed by atoms with Gasteiger partial charge in [-0.15, -0.1) is 11.3 Å². The molecular formula is C17H20N2O4S. The summed E-state index contributed by atoms with van der Waals surface area (Å²) in [6.07, 6.45) is 0.551. The van der Waals surface area contributed by atoms with Gasteiger partial charge in [0.05, 0.1) is 6.10 Å². The van der Waals surface area contributed by atoms with E-state index in [0.717, 1.165) is 16.3 Å². The van der Waals surface area contributed by atoms with E-state index >= 15 is 0 Å². The molecule has 2 rings (SSSR count). The van der Waals surface area contributed by atoms with Crippen LogP contribution in [0.4, 0.5) is 0 Å². The Labute approximate surface area is 144 Å². The van der Waals surface area contributed by atoms with Crippen molar-refractivity contribution in [2.45, 2.75) is 32.8 Å². The van der Waals surface area contributed by atoms with Crippen LogP contribution in [0, 0.1) is 0 Å². The first-order valence-electron chi connectivity index (χ1n) is 7.68. The molecule has 0 spiro atoms. The molecule has 0 unspecified atom stereocenters. The number of hydrogen-bond acceptors (Lipinski definition) is 5. The summed E-state index contributed by atoms with van der Waals surface area (Å²) in [7, 11) is 0. The van der Waals surface area contributed by atoms with E-state index in [-0.39, 0.29) is 18.4 Å². The predicted molar refractivity (Wildman–Crippen MR) is 92.5 cm³/mol. The number of carboxylic acids is 1. The first kappa shape index (κ1) is 17.9. The smallest absolute Gasteiger partial charge is 0.303 e. The highest BCUT2D eigenvalue weighted by Crippen LogP contribution is 2.26. The second kappa shape index (κ2) is 8.44. The SMILES string of the molecule is CC(C)Oc1ccc(-c2nc(C(=O)NCCCC(=O)O)cs2)cc1. The van der Waals surface area contributed by atoms with Crippen LogP contribution in [0.5, 0.6) is 5.75 Å². The number of rotatable bonds is 8. The van der Waals surface area contributed by atoms with Crippen LogP contribution in [0.25, 0.3) is 10.6 Å². The van der Waals surface area contributed by atoms with Crippen molar-refractivity contribution in [2.24, 2.45) is 0 Å². The van der Waals surface area contributed by atoms with Gasteiger partial charge < -0.3 is 15.2 Å². The Kier molecular flexibility index (Phi) is 6.31. The summed E-state index contributed by atoms with van der Waals surface area (Å²) >= 11 is 1.39. The highest BCUT2D eigenvalue weighted by atomic mass is 32.1. The van der Waals surface area contributed by atoms with Crippen molar-refractivity contribution in [1.29, 1.82) is 0 Å². The summed E-state index contributed by atoms with van der Waals surface area (Å²) in [6, 6.07) is 7.57. The zero-order valence-electron chi connectivity index (χ0n) is 13.6. The molecule has 1 amide bonds. The van der Waals surface area contributed by atoms with Gasteiger partial charge in [-0.25, -0.2) is 4.98 Å². The number of thiazole rings is 1. The van der Waals surface area contributed by atoms with Crippen LogP contribution >= 0.6 is 11.3 Å². The number of amides is 1. The van der Waals surface area contributed by atoms with E-state index in [4.69, 9.17) is 9.84 Å². The Morgan fingerprint density at radius 1 is 1.29 bits per heavy atom. The Morgan fingerprint density at radius 3 is 2.62 bits per heavy atom. The van der Waals surface area contributed by atoms with Crippen molar-refractivity contribution in [3.8, 4) is 16.3 Å². The minimum absolute atomic E-state index is 0.0351. The van der Waals surface area contributed by atoms with E-state index in [2.05, 4.69) is 10.3 Å². The van der Waals surface area contributed by atoms with Gasteiger partial charge in [-0.1, -0.05) is 0 Å². The van der Waals surface area contributed by atoms with Crippen molar-refractivity contribution in [2.75, 3.05) is 6.54 Å². The number of hydrogen-bond donors (Lipinski definition) is 2. The van der Waals surface area contributed by atoms with Gasteiger partial charge in [0.2, 0.25) is 0 Å². The average molecular weight is 348 g/mol. The summed E-state index contributed by atoms with van der Waals surface area (Å²) in [6.45, 7) is 4.26. The molecule has 0 aliphatic rings. The van der Waals surface area contributed by atoms with Gasteiger partial charge in [0, 0.05) is 23.9 Å². The number of ether oxygens (including phenoxy) is 1. The molecule has 1 aromatic heterocycles. The Balaban J connectivity index is 1.94. The number of nitrogens with one attached hydrogen (secondary N) is 1. The summed E-state index contributed by atoms with van der Waals surface area (Å²) < 4.78 is 5.60. The lowest BCUT2D eigenvalue weighted by Crippen LogP contribution is -2.25. The Morgan fingerprint density at radius 2 is 2.00 bits per heavy atom. The fourth-order valence-electron chi connectivity index (χ4n) is 1.99. The molecule has 0 saturated carbocycles. The Bertz CT molecular complexity index is 695. The predicted octanol–water partition coefficient (Wildman–Crippen LogP) is 3.19. The molecule has 0 bridgehead atoms. The second-order valence-corrected chi connectivity index (χ2v) is 6.34. The monoisotopic (exact) mass is 348 g/mol. The molecule has 0 saturated heterocycles. The first-order valence-corrected chi connectivity index (χ1v) is 8.56. The van der Waals surface area contributed by atoms with Crippen molar-refractivity contribution >= 4 is 23.2 Å². The number of carbonyl (C=O) groups excluding carboxylic acids is 1. The van der Waals surface area contributed by atoms with Gasteiger partial charge in [-0.05, 0) is 44.5 Å². The molecule has 0 radical (unpaired) electrons. The van der Waals surface area contributed by atoms with Crippen molar-refractivity contribution in [1.82, 2.24) is 10.3 Å². The lowest BCUT2D eigenvalue weighted by molar-refractivity contribution is -0.137. The summed E-state index contributed by atoms with van der Waals surface area (Å²) in [5.74, 6) is -0.366. The van der Waals surface area contributed by atoms with Crippen LogP contribution in [0.2, 0.25) is 0 Å². The number of aromatic nitrogens is 1. The maximum atomic E-state index is 12.0. The normalized spacial score (nSPS) is 10.6. The highest BCUT2D eigenvalue weighted by Gasteiger charge is 2.12. The second-order valence-electron chi connectivity index (χ2n) is 5.48. The van der Waals surface area contributed by atoms with E-state index in [1.807, 2.05) is 38.1 Å². The molecule has 2 N–H and O–H groups in total. The fourth-order valence-corrected chi connectivity index (χ4v) is 2.80. The molecular weight excluding hydrogens is 328 g/mol. The van der Waals surface area contributed by atoms with Crippen LogP contribution in [0.1, 0.15) is 37.2 Å². The number of nitrogens with zero attached hydrogens (tertiary/aromatic N) is 1. The van der Waals surface area contributed by atoms with Crippen LogP contribution in [-0.4, -0.2) is 34.6 Å². The number of aliphatic carboxylic acids is 1. The standard InChI is InChI=1S/C17H20N2O4S/c1-11(2)23-13-7-5-12(6-8-13)17-19-14(10-24-17)16(22)18-9-3-4-15(20)21/h5-8,10-11H,3-4,9H2,1-2H3,(H,18,22)(H,20,21). The van der Waals surface area contributed by atoms with Crippen molar-refractivity contribution < 1.29 is 19.4 Å². The lowest BCUT2D eigenvalue weighted by Gasteiger charge is -2.09. The molecule has 128 valence electrons. The van der Waals surface area contributed by atoms with Crippen LogP contribution in [-0.2, 0) is 4.79 Å². The first-order chi connectivity index (χ1) is 11.5. The van der Waals surface area contributed by atoms with E-state index in [9.17, 15) is 9.59 Å². The van der Waals surface area contributed by atoms with E-state index in [1.54, 1.807) is 5.38 Å². The largest absolute Gasteiger partial charge is 0.491 e. The van der Waals surface area contributed by atoms with Gasteiger partial charge >= 0.3 is 5.97 Å².